The van der Waals surface area contributed by atoms with Crippen molar-refractivity contribution in [1.29, 1.82) is 0 Å². The minimum absolute atomic E-state index is 1.16. The Morgan fingerprint density at radius 3 is 1.92 bits per heavy atom. The Balaban J connectivity index is 1.22. The highest BCUT2D eigenvalue weighted by atomic mass is 32.1. The molecule has 0 saturated heterocycles. The van der Waals surface area contributed by atoms with Gasteiger partial charge in [-0.3, -0.25) is 0 Å². The van der Waals surface area contributed by atoms with E-state index in [1.165, 1.54) is 91.4 Å². The molecule has 0 N–H and O–H groups in total. The number of benzene rings is 8. The zero-order valence-corrected chi connectivity index (χ0v) is 27.3. The second-order valence-corrected chi connectivity index (χ2v) is 13.9. The SMILES string of the molecule is c1ccc(-n2c3ccc4c5ccccc5n(-c5ccc(-c6cccc7c6sc6ccccc67)cc5)c4c3c3ccc4ccccc4c32)cc1. The van der Waals surface area contributed by atoms with Crippen molar-refractivity contribution in [2.75, 3.05) is 0 Å². The first kappa shape index (κ1) is 26.9. The van der Waals surface area contributed by atoms with E-state index >= 15 is 0 Å². The van der Waals surface area contributed by atoms with E-state index < -0.39 is 0 Å². The summed E-state index contributed by atoms with van der Waals surface area (Å²) < 4.78 is 7.62. The van der Waals surface area contributed by atoms with E-state index in [9.17, 15) is 0 Å². The van der Waals surface area contributed by atoms with E-state index in [1.54, 1.807) is 0 Å². The molecule has 0 saturated carbocycles. The predicted molar refractivity (Wildman–Crippen MR) is 211 cm³/mol. The molecule has 0 aliphatic heterocycles. The number of hydrogen-bond acceptors (Lipinski definition) is 1. The molecular formula is C46H28N2S. The molecule has 0 radical (unpaired) electrons. The fraction of sp³-hybridized carbons (Fsp3) is 0. The van der Waals surface area contributed by atoms with Crippen LogP contribution in [0.15, 0.2) is 170 Å². The standard InChI is InChI=1S/C46H28N2S/c1-2-12-31(13-3-1)48-41-28-27-37-35-15-6-8-19-40(35)47(45(37)43(41)39-26-23-29-11-4-5-14-33(29)44(39)48)32-24-21-30(22-25-32)34-17-10-18-38-36-16-7-9-20-42(36)49-46(34)38/h1-28H. The van der Waals surface area contributed by atoms with Crippen molar-refractivity contribution in [2.24, 2.45) is 0 Å². The van der Waals surface area contributed by atoms with Gasteiger partial charge in [-0.25, -0.2) is 0 Å². The third kappa shape index (κ3) is 3.76. The highest BCUT2D eigenvalue weighted by Gasteiger charge is 2.22. The zero-order valence-electron chi connectivity index (χ0n) is 26.5. The Bertz CT molecular complexity index is 3090. The average molecular weight is 641 g/mol. The molecule has 3 aromatic heterocycles. The summed E-state index contributed by atoms with van der Waals surface area (Å²) in [6.45, 7) is 0. The zero-order chi connectivity index (χ0) is 32.1. The van der Waals surface area contributed by atoms with E-state index in [2.05, 4.69) is 179 Å². The first-order chi connectivity index (χ1) is 24.3. The largest absolute Gasteiger partial charge is 0.309 e. The van der Waals surface area contributed by atoms with Gasteiger partial charge in [0.05, 0.1) is 22.1 Å². The van der Waals surface area contributed by atoms with Crippen molar-refractivity contribution < 1.29 is 0 Å². The van der Waals surface area contributed by atoms with Gasteiger partial charge in [0.15, 0.2) is 0 Å². The number of fused-ring (bicyclic) bond motifs is 12. The smallest absolute Gasteiger partial charge is 0.0641 e. The maximum absolute atomic E-state index is 2.49. The maximum Gasteiger partial charge on any atom is 0.0641 e. The summed E-state index contributed by atoms with van der Waals surface area (Å²) in [6.07, 6.45) is 0. The van der Waals surface area contributed by atoms with Gasteiger partial charge in [0.25, 0.3) is 0 Å². The fourth-order valence-corrected chi connectivity index (χ4v) is 9.43. The lowest BCUT2D eigenvalue weighted by Crippen LogP contribution is -1.95. The molecule has 2 nitrogen and oxygen atoms in total. The minimum atomic E-state index is 1.16. The molecule has 11 rings (SSSR count). The van der Waals surface area contributed by atoms with Gasteiger partial charge in [-0.15, -0.1) is 11.3 Å². The fourth-order valence-electron chi connectivity index (χ4n) is 8.20. The van der Waals surface area contributed by atoms with Gasteiger partial charge in [0.2, 0.25) is 0 Å². The quantitative estimate of drug-likeness (QED) is 0.182. The first-order valence-corrected chi connectivity index (χ1v) is 17.6. The second-order valence-electron chi connectivity index (χ2n) is 12.9. The second kappa shape index (κ2) is 10.2. The van der Waals surface area contributed by atoms with Crippen molar-refractivity contribution in [2.45, 2.75) is 0 Å². The monoisotopic (exact) mass is 640 g/mol. The molecule has 0 spiro atoms. The van der Waals surface area contributed by atoms with E-state index in [-0.39, 0.29) is 0 Å². The van der Waals surface area contributed by atoms with Crippen molar-refractivity contribution in [3.05, 3.63) is 170 Å². The van der Waals surface area contributed by atoms with Gasteiger partial charge in [0, 0.05) is 58.5 Å². The molecule has 0 fully saturated rings. The highest BCUT2D eigenvalue weighted by molar-refractivity contribution is 7.26. The number of hydrogen-bond donors (Lipinski definition) is 0. The molecule has 11 aromatic rings. The minimum Gasteiger partial charge on any atom is -0.309 e. The topological polar surface area (TPSA) is 9.86 Å². The van der Waals surface area contributed by atoms with Crippen LogP contribution in [0.25, 0.3) is 97.1 Å². The van der Waals surface area contributed by atoms with Crippen LogP contribution in [-0.2, 0) is 0 Å². The van der Waals surface area contributed by atoms with Gasteiger partial charge >= 0.3 is 0 Å². The van der Waals surface area contributed by atoms with Crippen molar-refractivity contribution in [1.82, 2.24) is 9.13 Å². The van der Waals surface area contributed by atoms with Gasteiger partial charge in [0.1, 0.15) is 0 Å². The van der Waals surface area contributed by atoms with Crippen molar-refractivity contribution in [3.63, 3.8) is 0 Å². The molecule has 0 aliphatic carbocycles. The summed E-state index contributed by atoms with van der Waals surface area (Å²) in [5.74, 6) is 0. The van der Waals surface area contributed by atoms with E-state index in [4.69, 9.17) is 0 Å². The summed E-state index contributed by atoms with van der Waals surface area (Å²) in [5, 5.41) is 10.2. The lowest BCUT2D eigenvalue weighted by molar-refractivity contribution is 1.18. The van der Waals surface area contributed by atoms with Crippen LogP contribution in [0.4, 0.5) is 0 Å². The molecule has 8 aromatic carbocycles. The normalized spacial score (nSPS) is 12.1. The summed E-state index contributed by atoms with van der Waals surface area (Å²) >= 11 is 1.88. The number of para-hydroxylation sites is 2. The van der Waals surface area contributed by atoms with Crippen LogP contribution in [0.2, 0.25) is 0 Å². The molecule has 3 heteroatoms. The predicted octanol–water partition coefficient (Wildman–Crippen LogP) is 13.1. The Hall–Kier alpha value is -6.16. The summed E-state index contributed by atoms with van der Waals surface area (Å²) in [4.78, 5) is 0. The Labute approximate surface area is 286 Å². The van der Waals surface area contributed by atoms with E-state index in [1.807, 2.05) is 11.3 Å². The molecule has 0 unspecified atom stereocenters. The van der Waals surface area contributed by atoms with Gasteiger partial charge in [-0.1, -0.05) is 127 Å². The van der Waals surface area contributed by atoms with Crippen LogP contribution < -0.4 is 0 Å². The van der Waals surface area contributed by atoms with Gasteiger partial charge < -0.3 is 9.13 Å². The van der Waals surface area contributed by atoms with E-state index in [0.29, 0.717) is 0 Å². The Morgan fingerprint density at radius 1 is 0.367 bits per heavy atom. The summed E-state index contributed by atoms with van der Waals surface area (Å²) in [6, 6.07) is 62.3. The van der Waals surface area contributed by atoms with E-state index in [0.717, 1.165) is 5.69 Å². The molecule has 228 valence electrons. The van der Waals surface area contributed by atoms with Crippen LogP contribution in [-0.4, -0.2) is 9.13 Å². The highest BCUT2D eigenvalue weighted by Crippen LogP contribution is 2.44. The summed E-state index contributed by atoms with van der Waals surface area (Å²) in [5.41, 5.74) is 9.76. The molecule has 0 atom stereocenters. The molecule has 0 aliphatic rings. The molecule has 49 heavy (non-hydrogen) atoms. The lowest BCUT2D eigenvalue weighted by atomic mass is 10.0. The lowest BCUT2D eigenvalue weighted by Gasteiger charge is -2.11. The summed E-state index contributed by atoms with van der Waals surface area (Å²) in [7, 11) is 0. The number of nitrogens with zero attached hydrogens (tertiary/aromatic N) is 2. The number of aromatic nitrogens is 2. The Morgan fingerprint density at radius 2 is 1.04 bits per heavy atom. The molecule has 3 heterocycles. The number of rotatable bonds is 3. The Kier molecular flexibility index (Phi) is 5.57. The third-order valence-electron chi connectivity index (χ3n) is 10.3. The van der Waals surface area contributed by atoms with Crippen LogP contribution in [0, 0.1) is 0 Å². The van der Waals surface area contributed by atoms with Gasteiger partial charge in [-0.2, -0.15) is 0 Å². The van der Waals surface area contributed by atoms with Crippen LogP contribution in [0.5, 0.6) is 0 Å². The third-order valence-corrected chi connectivity index (χ3v) is 11.5. The van der Waals surface area contributed by atoms with Crippen LogP contribution in [0.3, 0.4) is 0 Å². The van der Waals surface area contributed by atoms with Crippen LogP contribution in [0.1, 0.15) is 0 Å². The van der Waals surface area contributed by atoms with Crippen molar-refractivity contribution >= 4 is 85.9 Å². The van der Waals surface area contributed by atoms with Gasteiger partial charge in [-0.05, 0) is 59.0 Å². The van der Waals surface area contributed by atoms with Crippen LogP contribution >= 0.6 is 11.3 Å². The molecular weight excluding hydrogens is 613 g/mol. The number of thiophene rings is 1. The molecule has 0 amide bonds. The average Bonchev–Trinajstić information content (AvgIpc) is 3.83. The molecule has 0 bridgehead atoms. The maximum atomic E-state index is 2.49. The first-order valence-electron chi connectivity index (χ1n) is 16.8. The van der Waals surface area contributed by atoms with Crippen molar-refractivity contribution in [3.8, 4) is 22.5 Å².